The molecule has 0 bridgehead atoms. The van der Waals surface area contributed by atoms with E-state index in [0.29, 0.717) is 18.2 Å². The van der Waals surface area contributed by atoms with E-state index in [1.54, 1.807) is 0 Å². The van der Waals surface area contributed by atoms with Crippen LogP contribution in [-0.4, -0.2) is 19.8 Å². The number of hydrogen-bond donors (Lipinski definition) is 1. The van der Waals surface area contributed by atoms with Gasteiger partial charge in [-0.15, -0.1) is 0 Å². The van der Waals surface area contributed by atoms with E-state index in [-0.39, 0.29) is 6.54 Å². The molecule has 0 saturated carbocycles. The quantitative estimate of drug-likeness (QED) is 0.839. The first-order valence-corrected chi connectivity index (χ1v) is 5.39. The maximum absolute atomic E-state index is 6.11. The Kier molecular flexibility index (Phi) is 3.26. The van der Waals surface area contributed by atoms with Crippen molar-refractivity contribution in [3.63, 3.8) is 0 Å². The Balaban J connectivity index is 2.36. The van der Waals surface area contributed by atoms with Crippen LogP contribution in [-0.2, 0) is 15.3 Å². The van der Waals surface area contributed by atoms with Crippen molar-refractivity contribution in [1.82, 2.24) is 0 Å². The highest BCUT2D eigenvalue weighted by Gasteiger charge is 2.36. The molecule has 0 spiro atoms. The molecule has 0 aromatic heterocycles. The highest BCUT2D eigenvalue weighted by molar-refractivity contribution is 6.31. The van der Waals surface area contributed by atoms with E-state index in [9.17, 15) is 0 Å². The zero-order chi connectivity index (χ0) is 10.7. The van der Waals surface area contributed by atoms with Crippen LogP contribution in [0.2, 0.25) is 5.02 Å². The fourth-order valence-corrected chi connectivity index (χ4v) is 2.01. The van der Waals surface area contributed by atoms with E-state index in [2.05, 4.69) is 0 Å². The lowest BCUT2D eigenvalue weighted by Crippen LogP contribution is -2.44. The summed E-state index contributed by atoms with van der Waals surface area (Å²) in [5.41, 5.74) is 6.54. The summed E-state index contributed by atoms with van der Waals surface area (Å²) in [6.45, 7) is 1.58. The van der Waals surface area contributed by atoms with Gasteiger partial charge in [-0.3, -0.25) is 0 Å². The van der Waals surface area contributed by atoms with Crippen molar-refractivity contribution < 1.29 is 9.47 Å². The summed E-state index contributed by atoms with van der Waals surface area (Å²) < 4.78 is 11.3. The third-order valence-electron chi connectivity index (χ3n) is 2.51. The van der Waals surface area contributed by atoms with Crippen molar-refractivity contribution in [2.75, 3.05) is 19.8 Å². The zero-order valence-corrected chi connectivity index (χ0v) is 9.17. The number of nitrogens with two attached hydrogens (primary N) is 1. The monoisotopic (exact) mass is 227 g/mol. The average Bonchev–Trinajstić information content (AvgIpc) is 2.30. The summed E-state index contributed by atoms with van der Waals surface area (Å²) in [7, 11) is 0. The van der Waals surface area contributed by atoms with Crippen LogP contribution >= 0.6 is 11.6 Å². The second-order valence-electron chi connectivity index (χ2n) is 3.49. The molecule has 2 N–H and O–H groups in total. The third-order valence-corrected chi connectivity index (χ3v) is 2.84. The molecule has 15 heavy (non-hydrogen) atoms. The average molecular weight is 228 g/mol. The van der Waals surface area contributed by atoms with Crippen LogP contribution in [0.15, 0.2) is 24.3 Å². The van der Waals surface area contributed by atoms with E-state index in [4.69, 9.17) is 26.8 Å². The van der Waals surface area contributed by atoms with E-state index in [0.717, 1.165) is 12.0 Å². The smallest absolute Gasteiger partial charge is 0.209 e. The van der Waals surface area contributed by atoms with Gasteiger partial charge in [0.2, 0.25) is 5.79 Å². The molecule has 0 amide bonds. The minimum atomic E-state index is -0.851. The van der Waals surface area contributed by atoms with Crippen molar-refractivity contribution in [2.24, 2.45) is 5.73 Å². The Morgan fingerprint density at radius 1 is 1.27 bits per heavy atom. The van der Waals surface area contributed by atoms with Crippen molar-refractivity contribution in [3.05, 3.63) is 34.9 Å². The van der Waals surface area contributed by atoms with Crippen LogP contribution in [0.1, 0.15) is 12.0 Å². The first-order valence-electron chi connectivity index (χ1n) is 5.01. The maximum Gasteiger partial charge on any atom is 0.209 e. The molecule has 1 aromatic carbocycles. The summed E-state index contributed by atoms with van der Waals surface area (Å²) in [6, 6.07) is 7.48. The van der Waals surface area contributed by atoms with Gasteiger partial charge in [-0.2, -0.15) is 0 Å². The van der Waals surface area contributed by atoms with Crippen LogP contribution in [0.3, 0.4) is 0 Å². The van der Waals surface area contributed by atoms with Crippen LogP contribution in [0, 0.1) is 0 Å². The topological polar surface area (TPSA) is 44.5 Å². The standard InChI is InChI=1S/C11H14ClNO2/c12-10-5-2-1-4-9(10)11(8-13)14-6-3-7-15-11/h1-2,4-5H,3,6-8,13H2. The highest BCUT2D eigenvalue weighted by Crippen LogP contribution is 2.34. The molecule has 2 rings (SSSR count). The summed E-state index contributed by atoms with van der Waals surface area (Å²) in [5, 5.41) is 0.629. The molecular formula is C11H14ClNO2. The molecule has 0 aliphatic carbocycles. The minimum Gasteiger partial charge on any atom is -0.345 e. The first-order chi connectivity index (χ1) is 7.28. The fourth-order valence-electron chi connectivity index (χ4n) is 1.73. The normalized spacial score (nSPS) is 20.1. The highest BCUT2D eigenvalue weighted by atomic mass is 35.5. The second-order valence-corrected chi connectivity index (χ2v) is 3.89. The van der Waals surface area contributed by atoms with Gasteiger partial charge in [0.1, 0.15) is 0 Å². The lowest BCUT2D eigenvalue weighted by atomic mass is 10.0. The van der Waals surface area contributed by atoms with Crippen molar-refractivity contribution >= 4 is 11.6 Å². The SMILES string of the molecule is NCC1(c2ccccc2Cl)OCCCO1. The van der Waals surface area contributed by atoms with Crippen LogP contribution in [0.25, 0.3) is 0 Å². The number of ether oxygens (including phenoxy) is 2. The zero-order valence-electron chi connectivity index (χ0n) is 8.41. The van der Waals surface area contributed by atoms with Gasteiger partial charge >= 0.3 is 0 Å². The van der Waals surface area contributed by atoms with E-state index in [1.807, 2.05) is 24.3 Å². The molecule has 3 nitrogen and oxygen atoms in total. The van der Waals surface area contributed by atoms with Gasteiger partial charge in [0.25, 0.3) is 0 Å². The molecule has 1 fully saturated rings. The largest absolute Gasteiger partial charge is 0.345 e. The fraction of sp³-hybridized carbons (Fsp3) is 0.455. The van der Waals surface area contributed by atoms with Gasteiger partial charge < -0.3 is 15.2 Å². The Morgan fingerprint density at radius 3 is 2.53 bits per heavy atom. The molecule has 1 aliphatic heterocycles. The summed E-state index contributed by atoms with van der Waals surface area (Å²) in [6.07, 6.45) is 0.895. The van der Waals surface area contributed by atoms with Gasteiger partial charge in [0.05, 0.1) is 19.8 Å². The number of halogens is 1. The van der Waals surface area contributed by atoms with E-state index < -0.39 is 5.79 Å². The lowest BCUT2D eigenvalue weighted by Gasteiger charge is -2.36. The molecular weight excluding hydrogens is 214 g/mol. The summed E-state index contributed by atoms with van der Waals surface area (Å²) in [5.74, 6) is -0.851. The van der Waals surface area contributed by atoms with E-state index >= 15 is 0 Å². The van der Waals surface area contributed by atoms with Crippen molar-refractivity contribution in [1.29, 1.82) is 0 Å². The number of hydrogen-bond acceptors (Lipinski definition) is 3. The summed E-state index contributed by atoms with van der Waals surface area (Å²) in [4.78, 5) is 0. The Morgan fingerprint density at radius 2 is 1.93 bits per heavy atom. The van der Waals surface area contributed by atoms with Gasteiger partial charge in [0.15, 0.2) is 0 Å². The predicted molar refractivity (Wildman–Crippen MR) is 58.7 cm³/mol. The second kappa shape index (κ2) is 4.49. The van der Waals surface area contributed by atoms with Gasteiger partial charge in [-0.1, -0.05) is 29.8 Å². The molecule has 4 heteroatoms. The lowest BCUT2D eigenvalue weighted by molar-refractivity contribution is -0.269. The van der Waals surface area contributed by atoms with Crippen LogP contribution in [0.5, 0.6) is 0 Å². The minimum absolute atomic E-state index is 0.275. The number of rotatable bonds is 2. The Hall–Kier alpha value is -0.610. The predicted octanol–water partition coefficient (Wildman–Crippen LogP) is 1.89. The van der Waals surface area contributed by atoms with Crippen LogP contribution < -0.4 is 5.73 Å². The maximum atomic E-state index is 6.11. The van der Waals surface area contributed by atoms with Gasteiger partial charge in [-0.25, -0.2) is 0 Å². The number of benzene rings is 1. The van der Waals surface area contributed by atoms with Gasteiger partial charge in [0, 0.05) is 10.6 Å². The molecule has 0 radical (unpaired) electrons. The molecule has 0 atom stereocenters. The first kappa shape index (κ1) is 10.9. The van der Waals surface area contributed by atoms with Crippen molar-refractivity contribution in [3.8, 4) is 0 Å². The van der Waals surface area contributed by atoms with Gasteiger partial charge in [-0.05, 0) is 12.5 Å². The molecule has 1 aliphatic rings. The third kappa shape index (κ3) is 2.01. The van der Waals surface area contributed by atoms with Crippen LogP contribution in [0.4, 0.5) is 0 Å². The molecule has 0 unspecified atom stereocenters. The molecule has 1 saturated heterocycles. The van der Waals surface area contributed by atoms with E-state index in [1.165, 1.54) is 0 Å². The molecule has 1 heterocycles. The molecule has 82 valence electrons. The summed E-state index contributed by atoms with van der Waals surface area (Å²) >= 11 is 6.11. The Labute approximate surface area is 94.1 Å². The Bertz CT molecular complexity index is 337. The van der Waals surface area contributed by atoms with Crippen molar-refractivity contribution in [2.45, 2.75) is 12.2 Å². The molecule has 1 aromatic rings.